The van der Waals surface area contributed by atoms with Crippen molar-refractivity contribution >= 4 is 10.2 Å². The lowest BCUT2D eigenvalue weighted by atomic mass is 10.0. The van der Waals surface area contributed by atoms with Gasteiger partial charge in [0.2, 0.25) is 0 Å². The molecule has 2 atom stereocenters. The van der Waals surface area contributed by atoms with Gasteiger partial charge in [0.25, 0.3) is 10.2 Å². The summed E-state index contributed by atoms with van der Waals surface area (Å²) >= 11 is 0. The molecule has 112 valence electrons. The Hall–Kier alpha value is -0.170. The maximum Gasteiger partial charge on any atom is 0.282 e. The number of hydrogen-bond acceptors (Lipinski definition) is 3. The third kappa shape index (κ3) is 3.48. The fourth-order valence-corrected chi connectivity index (χ4v) is 5.12. The van der Waals surface area contributed by atoms with Crippen molar-refractivity contribution < 1.29 is 13.5 Å². The molecular formula is C13H26N2O3S. The van der Waals surface area contributed by atoms with E-state index in [1.165, 1.54) is 0 Å². The van der Waals surface area contributed by atoms with E-state index in [1.54, 1.807) is 15.5 Å². The summed E-state index contributed by atoms with van der Waals surface area (Å²) in [6.07, 6.45) is 6.21. The SMILES string of the molecule is CC(O)C1CCCCN1S(=O)(=O)N1CCCCCC1. The van der Waals surface area contributed by atoms with Crippen molar-refractivity contribution in [3.05, 3.63) is 0 Å². The molecule has 2 saturated heterocycles. The Labute approximate surface area is 116 Å². The second-order valence-electron chi connectivity index (χ2n) is 5.74. The Morgan fingerprint density at radius 3 is 2.16 bits per heavy atom. The largest absolute Gasteiger partial charge is 0.392 e. The molecular weight excluding hydrogens is 264 g/mol. The van der Waals surface area contributed by atoms with Crippen LogP contribution in [0.1, 0.15) is 51.9 Å². The van der Waals surface area contributed by atoms with Gasteiger partial charge in [0, 0.05) is 19.6 Å². The van der Waals surface area contributed by atoms with E-state index in [1.807, 2.05) is 0 Å². The molecule has 0 aromatic heterocycles. The molecule has 2 unspecified atom stereocenters. The molecule has 0 spiro atoms. The van der Waals surface area contributed by atoms with Gasteiger partial charge in [-0.05, 0) is 32.6 Å². The second-order valence-corrected chi connectivity index (χ2v) is 7.62. The van der Waals surface area contributed by atoms with Gasteiger partial charge in [0.05, 0.1) is 12.1 Å². The summed E-state index contributed by atoms with van der Waals surface area (Å²) in [5.74, 6) is 0. The summed E-state index contributed by atoms with van der Waals surface area (Å²) in [5.41, 5.74) is 0. The highest BCUT2D eigenvalue weighted by Gasteiger charge is 2.38. The minimum absolute atomic E-state index is 0.248. The van der Waals surface area contributed by atoms with E-state index in [2.05, 4.69) is 0 Å². The highest BCUT2D eigenvalue weighted by Crippen LogP contribution is 2.26. The van der Waals surface area contributed by atoms with Crippen LogP contribution in [0.3, 0.4) is 0 Å². The Bertz CT molecular complexity index is 375. The van der Waals surface area contributed by atoms with Gasteiger partial charge in [-0.25, -0.2) is 0 Å². The van der Waals surface area contributed by atoms with Crippen LogP contribution in [0, 0.1) is 0 Å². The third-order valence-corrected chi connectivity index (χ3v) is 6.31. The maximum absolute atomic E-state index is 12.7. The van der Waals surface area contributed by atoms with Crippen molar-refractivity contribution in [2.24, 2.45) is 0 Å². The highest BCUT2D eigenvalue weighted by atomic mass is 32.2. The fraction of sp³-hybridized carbons (Fsp3) is 1.00. The van der Waals surface area contributed by atoms with Crippen LogP contribution in [0.2, 0.25) is 0 Å². The lowest BCUT2D eigenvalue weighted by Crippen LogP contribution is -2.54. The first-order chi connectivity index (χ1) is 9.03. The molecule has 0 aliphatic carbocycles. The molecule has 2 rings (SSSR count). The van der Waals surface area contributed by atoms with Crippen molar-refractivity contribution in [1.82, 2.24) is 8.61 Å². The molecule has 0 bridgehead atoms. The Kier molecular flexibility index (Phi) is 5.22. The fourth-order valence-electron chi connectivity index (χ4n) is 3.12. The molecule has 2 fully saturated rings. The van der Waals surface area contributed by atoms with Gasteiger partial charge in [0.15, 0.2) is 0 Å². The van der Waals surface area contributed by atoms with Gasteiger partial charge in [-0.3, -0.25) is 0 Å². The first-order valence-corrected chi connectivity index (χ1v) is 8.88. The predicted octanol–water partition coefficient (Wildman–Crippen LogP) is 1.34. The minimum atomic E-state index is -3.40. The normalized spacial score (nSPS) is 29.9. The molecule has 2 aliphatic rings. The van der Waals surface area contributed by atoms with E-state index >= 15 is 0 Å². The van der Waals surface area contributed by atoms with Crippen LogP contribution < -0.4 is 0 Å². The van der Waals surface area contributed by atoms with Crippen LogP contribution in [-0.2, 0) is 10.2 Å². The Morgan fingerprint density at radius 2 is 1.58 bits per heavy atom. The van der Waals surface area contributed by atoms with Crippen molar-refractivity contribution in [1.29, 1.82) is 0 Å². The third-order valence-electron chi connectivity index (χ3n) is 4.24. The zero-order valence-electron chi connectivity index (χ0n) is 11.8. The molecule has 2 aliphatic heterocycles. The van der Waals surface area contributed by atoms with Gasteiger partial charge >= 0.3 is 0 Å². The summed E-state index contributed by atoms with van der Waals surface area (Å²) in [4.78, 5) is 0. The van der Waals surface area contributed by atoms with E-state index in [0.717, 1.165) is 44.9 Å². The molecule has 2 heterocycles. The topological polar surface area (TPSA) is 60.9 Å². The van der Waals surface area contributed by atoms with Crippen LogP contribution in [-0.4, -0.2) is 53.9 Å². The Morgan fingerprint density at radius 1 is 1.00 bits per heavy atom. The van der Waals surface area contributed by atoms with Crippen molar-refractivity contribution in [3.63, 3.8) is 0 Å². The monoisotopic (exact) mass is 290 g/mol. The quantitative estimate of drug-likeness (QED) is 0.853. The van der Waals surface area contributed by atoms with E-state index in [4.69, 9.17) is 0 Å². The number of nitrogens with zero attached hydrogens (tertiary/aromatic N) is 2. The first-order valence-electron chi connectivity index (χ1n) is 7.48. The lowest BCUT2D eigenvalue weighted by Gasteiger charge is -2.39. The molecule has 0 amide bonds. The van der Waals surface area contributed by atoms with E-state index < -0.39 is 16.3 Å². The summed E-state index contributed by atoms with van der Waals surface area (Å²) in [6.45, 7) is 3.51. The van der Waals surface area contributed by atoms with E-state index in [9.17, 15) is 13.5 Å². The summed E-state index contributed by atoms with van der Waals surface area (Å²) in [6, 6.07) is -0.248. The highest BCUT2D eigenvalue weighted by molar-refractivity contribution is 7.86. The average molecular weight is 290 g/mol. The Balaban J connectivity index is 2.15. The van der Waals surface area contributed by atoms with Crippen LogP contribution >= 0.6 is 0 Å². The average Bonchev–Trinajstić information content (AvgIpc) is 2.68. The van der Waals surface area contributed by atoms with Crippen molar-refractivity contribution in [2.45, 2.75) is 64.0 Å². The molecule has 0 aromatic rings. The van der Waals surface area contributed by atoms with E-state index in [0.29, 0.717) is 19.6 Å². The van der Waals surface area contributed by atoms with Crippen molar-refractivity contribution in [3.8, 4) is 0 Å². The lowest BCUT2D eigenvalue weighted by molar-refractivity contribution is 0.0792. The summed E-state index contributed by atoms with van der Waals surface area (Å²) < 4.78 is 28.7. The number of hydrogen-bond donors (Lipinski definition) is 1. The standard InChI is InChI=1S/C13H26N2O3S/c1-12(16)13-8-4-7-11-15(13)19(17,18)14-9-5-2-3-6-10-14/h12-13,16H,2-11H2,1H3. The van der Waals surface area contributed by atoms with E-state index in [-0.39, 0.29) is 6.04 Å². The number of aliphatic hydroxyl groups is 1. The summed E-state index contributed by atoms with van der Waals surface area (Å²) in [5, 5.41) is 9.84. The number of piperidine rings is 1. The van der Waals surface area contributed by atoms with Gasteiger partial charge in [-0.15, -0.1) is 0 Å². The zero-order valence-corrected chi connectivity index (χ0v) is 12.6. The van der Waals surface area contributed by atoms with Gasteiger partial charge in [0.1, 0.15) is 0 Å². The molecule has 6 heteroatoms. The molecule has 0 saturated carbocycles. The molecule has 0 aromatic carbocycles. The molecule has 5 nitrogen and oxygen atoms in total. The molecule has 0 radical (unpaired) electrons. The maximum atomic E-state index is 12.7. The smallest absolute Gasteiger partial charge is 0.282 e. The van der Waals surface area contributed by atoms with Gasteiger partial charge in [-0.2, -0.15) is 17.0 Å². The van der Waals surface area contributed by atoms with Gasteiger partial charge in [-0.1, -0.05) is 19.3 Å². The van der Waals surface area contributed by atoms with Crippen LogP contribution in [0.15, 0.2) is 0 Å². The number of rotatable bonds is 3. The van der Waals surface area contributed by atoms with Crippen LogP contribution in [0.5, 0.6) is 0 Å². The van der Waals surface area contributed by atoms with Gasteiger partial charge < -0.3 is 5.11 Å². The van der Waals surface area contributed by atoms with Crippen LogP contribution in [0.25, 0.3) is 0 Å². The number of aliphatic hydroxyl groups excluding tert-OH is 1. The first kappa shape index (κ1) is 15.2. The second kappa shape index (κ2) is 6.52. The predicted molar refractivity (Wildman–Crippen MR) is 75.0 cm³/mol. The minimum Gasteiger partial charge on any atom is -0.392 e. The summed E-state index contributed by atoms with van der Waals surface area (Å²) in [7, 11) is -3.40. The molecule has 1 N–H and O–H groups in total. The molecule has 19 heavy (non-hydrogen) atoms. The van der Waals surface area contributed by atoms with Crippen LogP contribution in [0.4, 0.5) is 0 Å². The zero-order chi connectivity index (χ0) is 13.9. The van der Waals surface area contributed by atoms with Crippen molar-refractivity contribution in [2.75, 3.05) is 19.6 Å².